The molecule has 0 spiro atoms. The first kappa shape index (κ1) is 13.8. The number of ether oxygens (including phenoxy) is 1. The van der Waals surface area contributed by atoms with E-state index in [1.54, 1.807) is 18.3 Å². The van der Waals surface area contributed by atoms with Crippen molar-refractivity contribution in [3.63, 3.8) is 0 Å². The van der Waals surface area contributed by atoms with Crippen molar-refractivity contribution in [2.24, 2.45) is 0 Å². The predicted octanol–water partition coefficient (Wildman–Crippen LogP) is 4.53. The van der Waals surface area contributed by atoms with Gasteiger partial charge in [0.05, 0.1) is 21.0 Å². The van der Waals surface area contributed by atoms with Gasteiger partial charge in [-0.05, 0) is 54.2 Å². The van der Waals surface area contributed by atoms with Gasteiger partial charge in [-0.3, -0.25) is 0 Å². The Kier molecular flexibility index (Phi) is 3.69. The minimum absolute atomic E-state index is 0.270. The van der Waals surface area contributed by atoms with E-state index in [1.165, 1.54) is 0 Å². The van der Waals surface area contributed by atoms with Crippen molar-refractivity contribution in [2.45, 2.75) is 32.6 Å². The van der Waals surface area contributed by atoms with Crippen molar-refractivity contribution in [3.05, 3.63) is 26.9 Å². The van der Waals surface area contributed by atoms with Crippen LogP contribution in [0.25, 0.3) is 10.8 Å². The number of thiophene rings is 1. The molecule has 0 aromatic carbocycles. The highest BCUT2D eigenvalue weighted by Crippen LogP contribution is 2.43. The summed E-state index contributed by atoms with van der Waals surface area (Å²) in [6.45, 7) is 4.13. The van der Waals surface area contributed by atoms with E-state index in [0.29, 0.717) is 18.4 Å². The maximum absolute atomic E-state index is 12.0. The van der Waals surface area contributed by atoms with E-state index in [-0.39, 0.29) is 5.76 Å². The van der Waals surface area contributed by atoms with Crippen molar-refractivity contribution >= 4 is 33.2 Å². The van der Waals surface area contributed by atoms with Crippen LogP contribution in [0.5, 0.6) is 0 Å². The van der Waals surface area contributed by atoms with E-state index in [4.69, 9.17) is 9.15 Å². The average Bonchev–Trinajstić information content (AvgIpc) is 3.07. The van der Waals surface area contributed by atoms with Crippen molar-refractivity contribution in [3.8, 4) is 10.8 Å². The molecule has 1 aliphatic rings. The summed E-state index contributed by atoms with van der Waals surface area (Å²) in [7, 11) is 0. The van der Waals surface area contributed by atoms with E-state index in [0.717, 1.165) is 32.8 Å². The lowest BCUT2D eigenvalue weighted by Crippen LogP contribution is -2.05. The van der Waals surface area contributed by atoms with Gasteiger partial charge in [0, 0.05) is 5.92 Å². The Labute approximate surface area is 129 Å². The summed E-state index contributed by atoms with van der Waals surface area (Å²) in [5.41, 5.74) is 1.88. The number of halogens is 1. The maximum atomic E-state index is 12.0. The first-order valence-corrected chi connectivity index (χ1v) is 8.15. The van der Waals surface area contributed by atoms with Gasteiger partial charge in [-0.1, -0.05) is 0 Å². The van der Waals surface area contributed by atoms with Gasteiger partial charge in [0.2, 0.25) is 11.7 Å². The van der Waals surface area contributed by atoms with Crippen LogP contribution in [0.1, 0.15) is 47.5 Å². The normalized spacial score (nSPS) is 14.6. The Bertz CT molecular complexity index is 638. The van der Waals surface area contributed by atoms with Gasteiger partial charge in [0.25, 0.3) is 0 Å². The SMILES string of the molecule is CCOC(=O)c1oc(-c2cc(C)c(Br)s2)nc1C1CC1. The molecule has 3 rings (SSSR count). The zero-order valence-electron chi connectivity index (χ0n) is 11.2. The minimum atomic E-state index is -0.416. The molecule has 0 N–H and O–H groups in total. The number of hydrogen-bond donors (Lipinski definition) is 0. The molecule has 0 atom stereocenters. The Morgan fingerprint density at radius 1 is 1.60 bits per heavy atom. The van der Waals surface area contributed by atoms with Gasteiger partial charge >= 0.3 is 5.97 Å². The van der Waals surface area contributed by atoms with Gasteiger partial charge < -0.3 is 9.15 Å². The number of carbonyl (C=O) groups is 1. The molecule has 6 heteroatoms. The number of carbonyl (C=O) groups excluding carboxylic acids is 1. The summed E-state index contributed by atoms with van der Waals surface area (Å²) in [5, 5.41) is 0. The van der Waals surface area contributed by atoms with Crippen LogP contribution in [0.15, 0.2) is 14.3 Å². The van der Waals surface area contributed by atoms with E-state index in [9.17, 15) is 4.79 Å². The lowest BCUT2D eigenvalue weighted by molar-refractivity contribution is 0.0489. The highest BCUT2D eigenvalue weighted by atomic mass is 79.9. The quantitative estimate of drug-likeness (QED) is 0.756. The predicted molar refractivity (Wildman–Crippen MR) is 80.2 cm³/mol. The van der Waals surface area contributed by atoms with Crippen LogP contribution in [-0.2, 0) is 4.74 Å². The van der Waals surface area contributed by atoms with E-state index < -0.39 is 5.97 Å². The van der Waals surface area contributed by atoms with Crippen LogP contribution >= 0.6 is 27.3 Å². The zero-order chi connectivity index (χ0) is 14.3. The molecule has 0 aliphatic heterocycles. The molecule has 0 radical (unpaired) electrons. The highest BCUT2D eigenvalue weighted by Gasteiger charge is 2.34. The van der Waals surface area contributed by atoms with Crippen LogP contribution in [0, 0.1) is 6.92 Å². The second-order valence-corrected chi connectivity index (χ2v) is 7.17. The summed E-state index contributed by atoms with van der Waals surface area (Å²) in [5.74, 6) is 0.706. The molecule has 0 saturated heterocycles. The van der Waals surface area contributed by atoms with Crippen molar-refractivity contribution in [2.75, 3.05) is 6.61 Å². The summed E-state index contributed by atoms with van der Waals surface area (Å²) >= 11 is 5.05. The van der Waals surface area contributed by atoms with E-state index in [2.05, 4.69) is 20.9 Å². The fraction of sp³-hybridized carbons (Fsp3) is 0.429. The van der Waals surface area contributed by atoms with Gasteiger partial charge in [-0.25, -0.2) is 9.78 Å². The van der Waals surface area contributed by atoms with E-state index >= 15 is 0 Å². The van der Waals surface area contributed by atoms with Crippen molar-refractivity contribution in [1.82, 2.24) is 4.98 Å². The highest BCUT2D eigenvalue weighted by molar-refractivity contribution is 9.11. The number of aromatic nitrogens is 1. The molecule has 0 unspecified atom stereocenters. The number of oxazole rings is 1. The van der Waals surface area contributed by atoms with Gasteiger partial charge in [0.1, 0.15) is 0 Å². The smallest absolute Gasteiger partial charge is 0.376 e. The monoisotopic (exact) mass is 355 g/mol. The number of esters is 1. The molecule has 106 valence electrons. The first-order chi connectivity index (χ1) is 9.60. The number of hydrogen-bond acceptors (Lipinski definition) is 5. The third-order valence-electron chi connectivity index (χ3n) is 3.15. The molecule has 1 fully saturated rings. The van der Waals surface area contributed by atoms with Crippen LogP contribution in [0.4, 0.5) is 0 Å². The molecule has 1 saturated carbocycles. The van der Waals surface area contributed by atoms with Crippen LogP contribution in [0.2, 0.25) is 0 Å². The molecule has 0 amide bonds. The molecular formula is C14H14BrNO3S. The second kappa shape index (κ2) is 5.33. The summed E-state index contributed by atoms with van der Waals surface area (Å²) < 4.78 is 11.8. The molecule has 20 heavy (non-hydrogen) atoms. The number of nitrogens with zero attached hydrogens (tertiary/aromatic N) is 1. The Balaban J connectivity index is 2.00. The standard InChI is InChI=1S/C14H14BrNO3S/c1-3-18-14(17)11-10(8-4-5-8)16-13(19-11)9-6-7(2)12(15)20-9/h6,8H,3-5H2,1-2H3. The third-order valence-corrected chi connectivity index (χ3v) is 5.27. The van der Waals surface area contributed by atoms with Crippen LogP contribution < -0.4 is 0 Å². The summed E-state index contributed by atoms with van der Waals surface area (Å²) in [6, 6.07) is 2.01. The zero-order valence-corrected chi connectivity index (χ0v) is 13.6. The molecule has 2 aromatic rings. The maximum Gasteiger partial charge on any atom is 0.376 e. The first-order valence-electron chi connectivity index (χ1n) is 6.54. The molecule has 1 aliphatic carbocycles. The Morgan fingerprint density at radius 3 is 2.90 bits per heavy atom. The molecule has 2 aromatic heterocycles. The van der Waals surface area contributed by atoms with Gasteiger partial charge in [0.15, 0.2) is 0 Å². The lowest BCUT2D eigenvalue weighted by atomic mass is 10.2. The number of aryl methyl sites for hydroxylation is 1. The topological polar surface area (TPSA) is 52.3 Å². The molecule has 2 heterocycles. The van der Waals surface area contributed by atoms with Crippen LogP contribution in [0.3, 0.4) is 0 Å². The van der Waals surface area contributed by atoms with Crippen molar-refractivity contribution < 1.29 is 13.9 Å². The largest absolute Gasteiger partial charge is 0.460 e. The van der Waals surface area contributed by atoms with E-state index in [1.807, 2.05) is 13.0 Å². The Hall–Kier alpha value is -1.14. The fourth-order valence-electron chi connectivity index (χ4n) is 1.98. The molecular weight excluding hydrogens is 342 g/mol. The second-order valence-electron chi connectivity index (χ2n) is 4.80. The average molecular weight is 356 g/mol. The van der Waals surface area contributed by atoms with Crippen molar-refractivity contribution in [1.29, 1.82) is 0 Å². The van der Waals surface area contributed by atoms with Gasteiger partial charge in [-0.2, -0.15) is 0 Å². The molecule has 4 nitrogen and oxygen atoms in total. The molecule has 0 bridgehead atoms. The summed E-state index contributed by atoms with van der Waals surface area (Å²) in [4.78, 5) is 17.4. The number of rotatable bonds is 4. The lowest BCUT2D eigenvalue weighted by Gasteiger charge is -1.98. The fourth-order valence-corrected chi connectivity index (χ4v) is 3.44. The third kappa shape index (κ3) is 2.54. The minimum Gasteiger partial charge on any atom is -0.460 e. The van der Waals surface area contributed by atoms with Gasteiger partial charge in [-0.15, -0.1) is 11.3 Å². The summed E-state index contributed by atoms with van der Waals surface area (Å²) in [6.07, 6.45) is 2.12. The van der Waals surface area contributed by atoms with Crippen LogP contribution in [-0.4, -0.2) is 17.6 Å². The Morgan fingerprint density at radius 2 is 2.35 bits per heavy atom.